The van der Waals surface area contributed by atoms with Crippen molar-refractivity contribution < 1.29 is 31.2 Å². The molecule has 6 nitrogen and oxygen atoms in total. The first-order valence-corrected chi connectivity index (χ1v) is 9.07. The average Bonchev–Trinajstić information content (AvgIpc) is 2.60. The Morgan fingerprint density at radius 3 is 2.26 bits per heavy atom. The maximum Gasteiger partial charge on any atom is 0.416 e. The summed E-state index contributed by atoms with van der Waals surface area (Å²) in [6.07, 6.45) is -4.52. The number of sulfonamides is 1. The normalized spacial score (nSPS) is 18.7. The Morgan fingerprint density at radius 1 is 1.07 bits per heavy atom. The molecule has 1 unspecified atom stereocenters. The van der Waals surface area contributed by atoms with Gasteiger partial charge in [-0.15, -0.1) is 0 Å². The quantitative estimate of drug-likeness (QED) is 0.789. The van der Waals surface area contributed by atoms with E-state index in [0.717, 1.165) is 31.3 Å². The number of nitrogens with zero attached hydrogens (tertiary/aromatic N) is 1. The summed E-state index contributed by atoms with van der Waals surface area (Å²) in [5.74, 6) is -3.22. The van der Waals surface area contributed by atoms with Crippen LogP contribution in [0.2, 0.25) is 0 Å². The molecule has 10 heteroatoms. The van der Waals surface area contributed by atoms with E-state index >= 15 is 0 Å². The van der Waals surface area contributed by atoms with Crippen molar-refractivity contribution in [1.82, 2.24) is 4.31 Å². The van der Waals surface area contributed by atoms with Crippen LogP contribution in [0.4, 0.5) is 18.9 Å². The smallest absolute Gasteiger partial charge is 0.325 e. The second kappa shape index (κ2) is 6.38. The molecule has 0 saturated heterocycles. The number of alkyl halides is 3. The molecule has 27 heavy (non-hydrogen) atoms. The maximum atomic E-state index is 12.6. The highest BCUT2D eigenvalue weighted by atomic mass is 32.2. The number of halogens is 3. The van der Waals surface area contributed by atoms with Crippen LogP contribution in [-0.2, 0) is 25.8 Å². The molecule has 1 aliphatic rings. The third-order valence-electron chi connectivity index (χ3n) is 4.17. The second-order valence-corrected chi connectivity index (χ2v) is 7.78. The molecule has 0 aromatic heterocycles. The van der Waals surface area contributed by atoms with Gasteiger partial charge in [-0.25, -0.2) is 12.7 Å². The summed E-state index contributed by atoms with van der Waals surface area (Å²) in [5.41, 5.74) is -0.815. The summed E-state index contributed by atoms with van der Waals surface area (Å²) in [5, 5.41) is 2.36. The Kier molecular flexibility index (Phi) is 4.46. The molecule has 1 heterocycles. The Hall–Kier alpha value is -2.88. The van der Waals surface area contributed by atoms with Gasteiger partial charge in [-0.05, 0) is 35.9 Å². The van der Waals surface area contributed by atoms with Crippen molar-refractivity contribution in [3.63, 3.8) is 0 Å². The topological polar surface area (TPSA) is 83.6 Å². The SMILES string of the molecule is CN1C(=O)C(C(=O)Nc2ccc(C(F)(F)F)cc2)c2ccccc2S1(=O)=O. The van der Waals surface area contributed by atoms with Crippen LogP contribution >= 0.6 is 0 Å². The minimum Gasteiger partial charge on any atom is -0.325 e. The lowest BCUT2D eigenvalue weighted by atomic mass is 9.96. The number of amides is 2. The van der Waals surface area contributed by atoms with E-state index in [2.05, 4.69) is 5.32 Å². The fourth-order valence-corrected chi connectivity index (χ4v) is 4.12. The Morgan fingerprint density at radius 2 is 1.67 bits per heavy atom. The number of anilines is 1. The predicted octanol–water partition coefficient (Wildman–Crippen LogP) is 2.59. The van der Waals surface area contributed by atoms with Gasteiger partial charge >= 0.3 is 6.18 Å². The van der Waals surface area contributed by atoms with E-state index in [4.69, 9.17) is 0 Å². The van der Waals surface area contributed by atoms with Crippen molar-refractivity contribution in [2.24, 2.45) is 0 Å². The number of rotatable bonds is 2. The Labute approximate surface area is 152 Å². The van der Waals surface area contributed by atoms with Crippen molar-refractivity contribution in [3.8, 4) is 0 Å². The highest BCUT2D eigenvalue weighted by Gasteiger charge is 2.44. The van der Waals surface area contributed by atoms with Crippen molar-refractivity contribution in [1.29, 1.82) is 0 Å². The van der Waals surface area contributed by atoms with Gasteiger partial charge in [-0.2, -0.15) is 13.2 Å². The van der Waals surface area contributed by atoms with E-state index in [0.29, 0.717) is 4.31 Å². The van der Waals surface area contributed by atoms with Crippen molar-refractivity contribution in [2.45, 2.75) is 17.0 Å². The largest absolute Gasteiger partial charge is 0.416 e. The van der Waals surface area contributed by atoms with Gasteiger partial charge in [0.25, 0.3) is 15.9 Å². The minimum atomic E-state index is -4.52. The van der Waals surface area contributed by atoms with Gasteiger partial charge in [0, 0.05) is 12.7 Å². The monoisotopic (exact) mass is 398 g/mol. The number of nitrogens with one attached hydrogen (secondary N) is 1. The lowest BCUT2D eigenvalue weighted by molar-refractivity contribution is -0.137. The summed E-state index contributed by atoms with van der Waals surface area (Å²) >= 11 is 0. The molecule has 2 aromatic rings. The Bertz CT molecular complexity index is 1020. The molecular formula is C17H13F3N2O4S. The fraction of sp³-hybridized carbons (Fsp3) is 0.176. The van der Waals surface area contributed by atoms with E-state index in [1.807, 2.05) is 0 Å². The molecule has 0 fully saturated rings. The van der Waals surface area contributed by atoms with Crippen molar-refractivity contribution >= 4 is 27.5 Å². The molecule has 2 amide bonds. The molecule has 1 atom stereocenters. The van der Waals surface area contributed by atoms with Crippen LogP contribution in [0.25, 0.3) is 0 Å². The highest BCUT2D eigenvalue weighted by Crippen LogP contribution is 2.35. The summed E-state index contributed by atoms with van der Waals surface area (Å²) in [4.78, 5) is 24.9. The standard InChI is InChI=1S/C17H13F3N2O4S/c1-22-16(24)14(12-4-2-3-5-13(12)27(22,25)26)15(23)21-11-8-6-10(7-9-11)17(18,19)20/h2-9,14H,1H3,(H,21,23). The zero-order valence-corrected chi connectivity index (χ0v) is 14.6. The lowest BCUT2D eigenvalue weighted by Crippen LogP contribution is -2.45. The number of hydrogen-bond acceptors (Lipinski definition) is 4. The Balaban J connectivity index is 1.94. The molecule has 0 aliphatic carbocycles. The number of likely N-dealkylation sites (N-methyl/N-ethyl adjacent to an activating group) is 1. The van der Waals surface area contributed by atoms with Crippen LogP contribution in [0.1, 0.15) is 17.0 Å². The zero-order chi connectivity index (χ0) is 20.0. The van der Waals surface area contributed by atoms with Gasteiger partial charge in [-0.3, -0.25) is 9.59 Å². The lowest BCUT2D eigenvalue weighted by Gasteiger charge is -2.30. The predicted molar refractivity (Wildman–Crippen MR) is 89.2 cm³/mol. The molecule has 1 aliphatic heterocycles. The average molecular weight is 398 g/mol. The number of hydrogen-bond donors (Lipinski definition) is 1. The maximum absolute atomic E-state index is 12.6. The van der Waals surface area contributed by atoms with E-state index in [1.54, 1.807) is 0 Å². The molecule has 142 valence electrons. The molecule has 3 rings (SSSR count). The molecule has 0 bridgehead atoms. The van der Waals surface area contributed by atoms with Gasteiger partial charge in [0.1, 0.15) is 5.92 Å². The first-order chi connectivity index (χ1) is 12.5. The van der Waals surface area contributed by atoms with Crippen molar-refractivity contribution in [3.05, 3.63) is 59.7 Å². The third kappa shape index (κ3) is 3.27. The second-order valence-electron chi connectivity index (χ2n) is 5.85. The molecular weight excluding hydrogens is 385 g/mol. The van der Waals surface area contributed by atoms with E-state index < -0.39 is 39.5 Å². The van der Waals surface area contributed by atoms with Gasteiger partial charge in [0.05, 0.1) is 10.5 Å². The highest BCUT2D eigenvalue weighted by molar-refractivity contribution is 7.89. The summed E-state index contributed by atoms with van der Waals surface area (Å²) in [6, 6.07) is 9.30. The van der Waals surface area contributed by atoms with Gasteiger partial charge < -0.3 is 5.32 Å². The first kappa shape index (κ1) is 18.9. The third-order valence-corrected chi connectivity index (χ3v) is 6.00. The first-order valence-electron chi connectivity index (χ1n) is 7.63. The summed E-state index contributed by atoms with van der Waals surface area (Å²) in [7, 11) is -3.00. The van der Waals surface area contributed by atoms with Crippen LogP contribution in [0, 0.1) is 0 Å². The molecule has 0 saturated carbocycles. The molecule has 2 aromatic carbocycles. The fourth-order valence-electron chi connectivity index (χ4n) is 2.75. The minimum absolute atomic E-state index is 0.0185. The molecule has 0 radical (unpaired) electrons. The van der Waals surface area contributed by atoms with E-state index in [-0.39, 0.29) is 16.1 Å². The molecule has 0 spiro atoms. The zero-order valence-electron chi connectivity index (χ0n) is 13.8. The van der Waals surface area contributed by atoms with Crippen LogP contribution < -0.4 is 5.32 Å². The van der Waals surface area contributed by atoms with Gasteiger partial charge in [0.15, 0.2) is 0 Å². The number of benzene rings is 2. The van der Waals surface area contributed by atoms with Crippen LogP contribution in [-0.4, -0.2) is 31.6 Å². The van der Waals surface area contributed by atoms with Crippen LogP contribution in [0.15, 0.2) is 53.4 Å². The number of carbonyl (C=O) groups excluding carboxylic acids is 2. The van der Waals surface area contributed by atoms with E-state index in [1.165, 1.54) is 24.3 Å². The van der Waals surface area contributed by atoms with Gasteiger partial charge in [0.2, 0.25) is 5.91 Å². The molecule has 1 N–H and O–H groups in total. The number of carbonyl (C=O) groups is 2. The number of fused-ring (bicyclic) bond motifs is 1. The van der Waals surface area contributed by atoms with Crippen LogP contribution in [0.5, 0.6) is 0 Å². The van der Waals surface area contributed by atoms with Crippen LogP contribution in [0.3, 0.4) is 0 Å². The van der Waals surface area contributed by atoms with E-state index in [9.17, 15) is 31.2 Å². The summed E-state index contributed by atoms with van der Waals surface area (Å²) in [6.45, 7) is 0. The van der Waals surface area contributed by atoms with Crippen molar-refractivity contribution in [2.75, 3.05) is 12.4 Å². The summed E-state index contributed by atoms with van der Waals surface area (Å²) < 4.78 is 63.0. The van der Waals surface area contributed by atoms with Gasteiger partial charge in [-0.1, -0.05) is 18.2 Å².